The van der Waals surface area contributed by atoms with Crippen molar-refractivity contribution in [3.63, 3.8) is 0 Å². The third-order valence-corrected chi connectivity index (χ3v) is 8.84. The van der Waals surface area contributed by atoms with E-state index in [1.165, 1.54) is 21.1 Å². The highest BCUT2D eigenvalue weighted by Gasteiger charge is 2.31. The van der Waals surface area contributed by atoms with Crippen LogP contribution >= 0.6 is 11.8 Å². The molecular formula is C35H58N2O12S. The van der Waals surface area contributed by atoms with Crippen LogP contribution in [0.4, 0.5) is 0 Å². The Labute approximate surface area is 300 Å². The molecule has 0 heterocycles. The molecule has 0 fully saturated rings. The fourth-order valence-electron chi connectivity index (χ4n) is 4.78. The van der Waals surface area contributed by atoms with Crippen molar-refractivity contribution in [3.8, 4) is 0 Å². The number of hydrogen-bond acceptors (Lipinski definition) is 13. The molecule has 2 N–H and O–H groups in total. The lowest BCUT2D eigenvalue weighted by Crippen LogP contribution is -2.45. The first-order chi connectivity index (χ1) is 23.4. The van der Waals surface area contributed by atoms with E-state index < -0.39 is 76.9 Å². The van der Waals surface area contributed by atoms with Gasteiger partial charge in [0.05, 0.1) is 39.6 Å². The van der Waals surface area contributed by atoms with E-state index in [4.69, 9.17) is 14.2 Å². The molecule has 15 heteroatoms. The molecule has 0 rings (SSSR count). The van der Waals surface area contributed by atoms with Gasteiger partial charge < -0.3 is 29.6 Å². The van der Waals surface area contributed by atoms with Crippen LogP contribution < -0.4 is 10.6 Å². The van der Waals surface area contributed by atoms with Gasteiger partial charge in [-0.1, -0.05) is 33.1 Å². The van der Waals surface area contributed by atoms with Gasteiger partial charge in [0.2, 0.25) is 11.8 Å². The first-order valence-electron chi connectivity index (χ1n) is 17.1. The Morgan fingerprint density at radius 2 is 1.24 bits per heavy atom. The minimum absolute atomic E-state index is 0.0256. The van der Waals surface area contributed by atoms with Crippen molar-refractivity contribution in [2.75, 3.05) is 32.8 Å². The lowest BCUT2D eigenvalue weighted by atomic mass is 9.97. The largest absolute Gasteiger partial charge is 0.469 e. The topological polar surface area (TPSA) is 198 Å². The van der Waals surface area contributed by atoms with Gasteiger partial charge in [0.15, 0.2) is 0 Å². The summed E-state index contributed by atoms with van der Waals surface area (Å²) >= 11 is 1.14. The van der Waals surface area contributed by atoms with Crippen molar-refractivity contribution < 1.29 is 57.3 Å². The van der Waals surface area contributed by atoms with E-state index in [0.29, 0.717) is 6.42 Å². The van der Waals surface area contributed by atoms with E-state index in [0.717, 1.165) is 44.6 Å². The van der Waals surface area contributed by atoms with Crippen molar-refractivity contribution in [1.82, 2.24) is 10.6 Å². The molecule has 0 saturated heterocycles. The highest BCUT2D eigenvalue weighted by atomic mass is 32.2. The molecule has 0 saturated carbocycles. The zero-order chi connectivity index (χ0) is 38.4. The van der Waals surface area contributed by atoms with Crippen LogP contribution in [0.1, 0.15) is 106 Å². The molecule has 14 nitrogen and oxygen atoms in total. The number of amides is 2. The van der Waals surface area contributed by atoms with Crippen molar-refractivity contribution in [2.45, 2.75) is 123 Å². The summed E-state index contributed by atoms with van der Waals surface area (Å²) < 4.78 is 19.7. The lowest BCUT2D eigenvalue weighted by Gasteiger charge is -2.22. The maximum atomic E-state index is 13.2. The molecule has 0 unspecified atom stereocenters. The second-order valence-corrected chi connectivity index (χ2v) is 14.4. The highest BCUT2D eigenvalue weighted by molar-refractivity contribution is 7.99. The predicted octanol–water partition coefficient (Wildman–Crippen LogP) is 3.50. The van der Waals surface area contributed by atoms with Gasteiger partial charge in [-0.25, -0.2) is 9.59 Å². The van der Waals surface area contributed by atoms with E-state index in [2.05, 4.69) is 22.3 Å². The van der Waals surface area contributed by atoms with E-state index in [9.17, 15) is 38.4 Å². The third-order valence-electron chi connectivity index (χ3n) is 7.57. The number of ketones is 2. The second-order valence-electron chi connectivity index (χ2n) is 13.3. The first-order valence-corrected chi connectivity index (χ1v) is 18.2. The van der Waals surface area contributed by atoms with Crippen LogP contribution in [0.3, 0.4) is 0 Å². The van der Waals surface area contributed by atoms with Gasteiger partial charge in [0.1, 0.15) is 29.3 Å². The standard InChI is InChI=1S/C35H58N2O12S/c1-10-11-12-13-14-26(38)17-22(2)30(41)37-28(34(45)48-9)16-15-27(39)18-24(31(42)36-23(3)32(43)46-7)20-50-21-25(33(44)47-8)19-29(40)49-35(4,5)6/h22-25,28H,10-21H2,1-9H3,(H,36,42)(H,37,41)/t22-,23-,24-,25+,28-/m1/s1. The molecule has 0 aliphatic rings. The van der Waals surface area contributed by atoms with Crippen LogP contribution in [0.25, 0.3) is 0 Å². The maximum absolute atomic E-state index is 13.2. The first kappa shape index (κ1) is 46.5. The molecule has 0 aromatic heterocycles. The van der Waals surface area contributed by atoms with Gasteiger partial charge in [-0.05, 0) is 40.5 Å². The number of unbranched alkanes of at least 4 members (excludes halogenated alkanes) is 3. The number of carbonyl (C=O) groups excluding carboxylic acids is 8. The van der Waals surface area contributed by atoms with Crippen molar-refractivity contribution in [1.29, 1.82) is 0 Å². The van der Waals surface area contributed by atoms with Crippen LogP contribution in [0.15, 0.2) is 0 Å². The third kappa shape index (κ3) is 20.2. The van der Waals surface area contributed by atoms with Gasteiger partial charge in [-0.3, -0.25) is 28.8 Å². The monoisotopic (exact) mass is 730 g/mol. The van der Waals surface area contributed by atoms with Crippen LogP contribution in [0.2, 0.25) is 0 Å². The van der Waals surface area contributed by atoms with E-state index in [1.807, 2.05) is 0 Å². The summed E-state index contributed by atoms with van der Waals surface area (Å²) in [6.07, 6.45) is 3.32. The van der Waals surface area contributed by atoms with Gasteiger partial charge >= 0.3 is 23.9 Å². The number of Topliss-reactive ketones (excluding diaryl/α,β-unsaturated/α-hetero) is 2. The Morgan fingerprint density at radius 1 is 0.660 bits per heavy atom. The fraction of sp³-hybridized carbons (Fsp3) is 0.771. The highest BCUT2D eigenvalue weighted by Crippen LogP contribution is 2.22. The average Bonchev–Trinajstić information content (AvgIpc) is 3.05. The Morgan fingerprint density at radius 3 is 1.80 bits per heavy atom. The number of esters is 4. The summed E-state index contributed by atoms with van der Waals surface area (Å²) in [5.41, 5.74) is -0.759. The molecule has 0 bridgehead atoms. The Kier molecular flexibility index (Phi) is 22.9. The molecule has 0 aromatic carbocycles. The molecule has 0 aromatic rings. The summed E-state index contributed by atoms with van der Waals surface area (Å²) in [6, 6.07) is -2.16. The van der Waals surface area contributed by atoms with Crippen molar-refractivity contribution in [2.24, 2.45) is 17.8 Å². The zero-order valence-corrected chi connectivity index (χ0v) is 32.0. The molecule has 286 valence electrons. The van der Waals surface area contributed by atoms with Crippen molar-refractivity contribution >= 4 is 59.0 Å². The van der Waals surface area contributed by atoms with Crippen molar-refractivity contribution in [3.05, 3.63) is 0 Å². The average molecular weight is 731 g/mol. The second kappa shape index (κ2) is 24.6. The molecule has 0 aliphatic heterocycles. The summed E-state index contributed by atoms with van der Waals surface area (Å²) in [7, 11) is 3.51. The number of methoxy groups -OCH3 is 3. The van der Waals surface area contributed by atoms with E-state index in [-0.39, 0.29) is 49.4 Å². The Hall–Kier alpha value is -3.49. The molecular weight excluding hydrogens is 672 g/mol. The summed E-state index contributed by atoms with van der Waals surface area (Å²) in [5, 5.41) is 5.11. The maximum Gasteiger partial charge on any atom is 0.328 e. The summed E-state index contributed by atoms with van der Waals surface area (Å²) in [4.78, 5) is 101. The molecule has 2 amide bonds. The summed E-state index contributed by atoms with van der Waals surface area (Å²) in [6.45, 7) is 10.2. The minimum Gasteiger partial charge on any atom is -0.469 e. The normalized spacial score (nSPS) is 14.2. The van der Waals surface area contributed by atoms with Crippen LogP contribution in [0, 0.1) is 17.8 Å². The van der Waals surface area contributed by atoms with Gasteiger partial charge in [-0.2, -0.15) is 11.8 Å². The molecule has 0 aliphatic carbocycles. The fourth-order valence-corrected chi connectivity index (χ4v) is 6.01. The van der Waals surface area contributed by atoms with Gasteiger partial charge in [0, 0.05) is 43.1 Å². The number of thioether (sulfide) groups is 1. The lowest BCUT2D eigenvalue weighted by molar-refractivity contribution is -0.160. The number of hydrogen-bond donors (Lipinski definition) is 2. The van der Waals surface area contributed by atoms with Gasteiger partial charge in [-0.15, -0.1) is 0 Å². The quantitative estimate of drug-likeness (QED) is 0.0787. The number of rotatable bonds is 25. The Balaban J connectivity index is 5.57. The Bertz CT molecular complexity index is 1150. The summed E-state index contributed by atoms with van der Waals surface area (Å²) in [5.74, 6) is -6.70. The van der Waals surface area contributed by atoms with Gasteiger partial charge in [0.25, 0.3) is 0 Å². The van der Waals surface area contributed by atoms with Crippen LogP contribution in [-0.2, 0) is 57.3 Å². The van der Waals surface area contributed by atoms with Crippen LogP contribution in [0.5, 0.6) is 0 Å². The number of ether oxygens (including phenoxy) is 4. The molecule has 5 atom stereocenters. The SMILES string of the molecule is CCCCCCC(=O)C[C@@H](C)C(=O)N[C@H](CCC(=O)C[C@H](CSC[C@H](CC(=O)OC(C)(C)C)C(=O)OC)C(=O)N[C@H](C)C(=O)OC)C(=O)OC. The minimum atomic E-state index is -1.16. The molecule has 0 radical (unpaired) electrons. The zero-order valence-electron chi connectivity index (χ0n) is 31.2. The van der Waals surface area contributed by atoms with E-state index in [1.54, 1.807) is 27.7 Å². The van der Waals surface area contributed by atoms with E-state index >= 15 is 0 Å². The molecule has 50 heavy (non-hydrogen) atoms. The smallest absolute Gasteiger partial charge is 0.328 e. The predicted molar refractivity (Wildman–Crippen MR) is 187 cm³/mol. The van der Waals surface area contributed by atoms with Crippen LogP contribution in [-0.4, -0.2) is 97.8 Å². The number of carbonyl (C=O) groups is 8. The number of nitrogens with one attached hydrogen (secondary N) is 2. The molecule has 0 spiro atoms.